The van der Waals surface area contributed by atoms with E-state index < -0.39 is 0 Å². The summed E-state index contributed by atoms with van der Waals surface area (Å²) in [5.74, 6) is 0. The van der Waals surface area contributed by atoms with Crippen LogP contribution >= 0.6 is 15.9 Å². The quantitative estimate of drug-likeness (QED) is 0.801. The summed E-state index contributed by atoms with van der Waals surface area (Å²) in [7, 11) is 0. The van der Waals surface area contributed by atoms with E-state index in [0.29, 0.717) is 6.54 Å². The molecule has 0 aliphatic heterocycles. The monoisotopic (exact) mass is 225 g/mol. The minimum Gasteiger partial charge on any atom is -0.325 e. The second-order valence-corrected chi connectivity index (χ2v) is 3.31. The molecule has 0 aromatic carbocycles. The topological polar surface area (TPSA) is 43.3 Å². The fraction of sp³-hybridized carbons (Fsp3) is 0.125. The maximum absolute atomic E-state index is 5.57. The molecule has 2 heterocycles. The van der Waals surface area contributed by atoms with Gasteiger partial charge in [0.2, 0.25) is 0 Å². The zero-order valence-corrected chi connectivity index (χ0v) is 7.95. The number of hydrogen-bond donors (Lipinski definition) is 1. The molecule has 0 bridgehead atoms. The van der Waals surface area contributed by atoms with Crippen LogP contribution in [0.15, 0.2) is 29.0 Å². The number of halogens is 1. The molecular formula is C8H8BrN3. The molecule has 12 heavy (non-hydrogen) atoms. The van der Waals surface area contributed by atoms with Gasteiger partial charge in [0.15, 0.2) is 0 Å². The first-order valence-electron chi connectivity index (χ1n) is 3.64. The van der Waals surface area contributed by atoms with Gasteiger partial charge in [0.25, 0.3) is 0 Å². The van der Waals surface area contributed by atoms with Gasteiger partial charge in [-0.1, -0.05) is 6.07 Å². The summed E-state index contributed by atoms with van der Waals surface area (Å²) in [4.78, 5) is 4.19. The van der Waals surface area contributed by atoms with Crippen LogP contribution in [0.5, 0.6) is 0 Å². The molecule has 0 saturated heterocycles. The number of aromatic nitrogens is 2. The van der Waals surface area contributed by atoms with Crippen molar-refractivity contribution in [3.63, 3.8) is 0 Å². The standard InChI is InChI=1S/C8H8BrN3/c9-7-5-11-8-3-1-2-6(4-10)12(7)8/h1-3,5H,4,10H2. The molecule has 2 N–H and O–H groups in total. The third kappa shape index (κ3) is 1.04. The number of nitrogens with zero attached hydrogens (tertiary/aromatic N) is 2. The van der Waals surface area contributed by atoms with Crippen molar-refractivity contribution in [2.45, 2.75) is 6.54 Å². The van der Waals surface area contributed by atoms with E-state index >= 15 is 0 Å². The van der Waals surface area contributed by atoms with Crippen LogP contribution in [0.3, 0.4) is 0 Å². The molecule has 0 aliphatic rings. The molecule has 2 rings (SSSR count). The Labute approximate surface area is 78.3 Å². The SMILES string of the molecule is NCc1cccc2ncc(Br)n12. The highest BCUT2D eigenvalue weighted by Gasteiger charge is 2.02. The van der Waals surface area contributed by atoms with Crippen LogP contribution in [0.2, 0.25) is 0 Å². The van der Waals surface area contributed by atoms with Gasteiger partial charge in [-0.05, 0) is 28.1 Å². The molecule has 62 valence electrons. The highest BCUT2D eigenvalue weighted by molar-refractivity contribution is 9.10. The third-order valence-corrected chi connectivity index (χ3v) is 2.34. The van der Waals surface area contributed by atoms with Crippen molar-refractivity contribution in [2.24, 2.45) is 5.73 Å². The molecule has 0 unspecified atom stereocenters. The minimum absolute atomic E-state index is 0.520. The molecule has 2 aromatic rings. The number of fused-ring (bicyclic) bond motifs is 1. The zero-order chi connectivity index (χ0) is 8.55. The van der Waals surface area contributed by atoms with Crippen molar-refractivity contribution in [1.29, 1.82) is 0 Å². The Balaban J connectivity index is 2.84. The molecule has 0 radical (unpaired) electrons. The van der Waals surface area contributed by atoms with E-state index in [2.05, 4.69) is 20.9 Å². The number of imidazole rings is 1. The lowest BCUT2D eigenvalue weighted by molar-refractivity contribution is 0.935. The number of pyridine rings is 1. The molecule has 0 aliphatic carbocycles. The maximum Gasteiger partial charge on any atom is 0.137 e. The largest absolute Gasteiger partial charge is 0.325 e. The first kappa shape index (κ1) is 7.76. The number of hydrogen-bond acceptors (Lipinski definition) is 2. The summed E-state index contributed by atoms with van der Waals surface area (Å²) in [6, 6.07) is 5.89. The highest BCUT2D eigenvalue weighted by atomic mass is 79.9. The van der Waals surface area contributed by atoms with Gasteiger partial charge in [-0.3, -0.25) is 4.40 Å². The average molecular weight is 226 g/mol. The van der Waals surface area contributed by atoms with Crippen molar-refractivity contribution in [3.05, 3.63) is 34.7 Å². The molecule has 0 amide bonds. The van der Waals surface area contributed by atoms with Crippen LogP contribution < -0.4 is 5.73 Å². The Bertz CT molecular complexity index is 408. The Morgan fingerprint density at radius 1 is 1.50 bits per heavy atom. The van der Waals surface area contributed by atoms with E-state index in [1.807, 2.05) is 22.6 Å². The van der Waals surface area contributed by atoms with Crippen LogP contribution in [-0.2, 0) is 6.54 Å². The molecule has 4 heteroatoms. The average Bonchev–Trinajstić information content (AvgIpc) is 2.48. The summed E-state index contributed by atoms with van der Waals surface area (Å²) < 4.78 is 2.93. The van der Waals surface area contributed by atoms with Crippen LogP contribution in [0.4, 0.5) is 0 Å². The summed E-state index contributed by atoms with van der Waals surface area (Å²) in [6.07, 6.45) is 1.77. The van der Waals surface area contributed by atoms with E-state index in [9.17, 15) is 0 Å². The van der Waals surface area contributed by atoms with E-state index in [0.717, 1.165) is 15.9 Å². The highest BCUT2D eigenvalue weighted by Crippen LogP contribution is 2.15. The van der Waals surface area contributed by atoms with E-state index in [4.69, 9.17) is 5.73 Å². The fourth-order valence-corrected chi connectivity index (χ4v) is 1.74. The van der Waals surface area contributed by atoms with E-state index in [1.165, 1.54) is 0 Å². The van der Waals surface area contributed by atoms with Gasteiger partial charge in [0.1, 0.15) is 10.3 Å². The summed E-state index contributed by atoms with van der Waals surface area (Å²) >= 11 is 3.40. The first-order chi connectivity index (χ1) is 5.83. The van der Waals surface area contributed by atoms with Crippen molar-refractivity contribution in [3.8, 4) is 0 Å². The predicted octanol–water partition coefficient (Wildman–Crippen LogP) is 1.56. The van der Waals surface area contributed by atoms with Crippen LogP contribution in [0.1, 0.15) is 5.69 Å². The van der Waals surface area contributed by atoms with Crippen LogP contribution in [0, 0.1) is 0 Å². The molecule has 0 atom stereocenters. The van der Waals surface area contributed by atoms with Crippen LogP contribution in [-0.4, -0.2) is 9.38 Å². The summed E-state index contributed by atoms with van der Waals surface area (Å²) in [5.41, 5.74) is 7.55. The predicted molar refractivity (Wildman–Crippen MR) is 50.8 cm³/mol. The first-order valence-corrected chi connectivity index (χ1v) is 4.43. The Morgan fingerprint density at radius 3 is 3.08 bits per heavy atom. The van der Waals surface area contributed by atoms with Gasteiger partial charge in [0, 0.05) is 12.2 Å². The summed E-state index contributed by atoms with van der Waals surface area (Å²) in [5, 5.41) is 0. The molecular weight excluding hydrogens is 218 g/mol. The summed E-state index contributed by atoms with van der Waals surface area (Å²) in [6.45, 7) is 0.520. The number of nitrogens with two attached hydrogens (primary N) is 1. The molecule has 2 aromatic heterocycles. The molecule has 0 fully saturated rings. The Hall–Kier alpha value is -0.870. The maximum atomic E-state index is 5.57. The van der Waals surface area contributed by atoms with Gasteiger partial charge in [-0.2, -0.15) is 0 Å². The third-order valence-electron chi connectivity index (χ3n) is 1.78. The van der Waals surface area contributed by atoms with Gasteiger partial charge in [-0.25, -0.2) is 4.98 Å². The van der Waals surface area contributed by atoms with Crippen molar-refractivity contribution >= 4 is 21.6 Å². The van der Waals surface area contributed by atoms with Crippen molar-refractivity contribution in [2.75, 3.05) is 0 Å². The second kappa shape index (κ2) is 2.88. The van der Waals surface area contributed by atoms with E-state index in [-0.39, 0.29) is 0 Å². The van der Waals surface area contributed by atoms with E-state index in [1.54, 1.807) is 6.20 Å². The Kier molecular flexibility index (Phi) is 1.86. The smallest absolute Gasteiger partial charge is 0.137 e. The lowest BCUT2D eigenvalue weighted by Crippen LogP contribution is -2.03. The van der Waals surface area contributed by atoms with Crippen LogP contribution in [0.25, 0.3) is 5.65 Å². The van der Waals surface area contributed by atoms with Crippen molar-refractivity contribution < 1.29 is 0 Å². The lowest BCUT2D eigenvalue weighted by atomic mass is 10.3. The van der Waals surface area contributed by atoms with Gasteiger partial charge >= 0.3 is 0 Å². The van der Waals surface area contributed by atoms with Crippen molar-refractivity contribution in [1.82, 2.24) is 9.38 Å². The molecule has 0 spiro atoms. The normalized spacial score (nSPS) is 10.8. The minimum atomic E-state index is 0.520. The van der Waals surface area contributed by atoms with Gasteiger partial charge < -0.3 is 5.73 Å². The fourth-order valence-electron chi connectivity index (χ4n) is 1.23. The molecule has 0 saturated carbocycles. The van der Waals surface area contributed by atoms with Gasteiger partial charge in [0.05, 0.1) is 6.20 Å². The Morgan fingerprint density at radius 2 is 2.33 bits per heavy atom. The second-order valence-electron chi connectivity index (χ2n) is 2.50. The van der Waals surface area contributed by atoms with Gasteiger partial charge in [-0.15, -0.1) is 0 Å². The lowest BCUT2D eigenvalue weighted by Gasteiger charge is -2.02. The molecule has 3 nitrogen and oxygen atoms in total. The zero-order valence-electron chi connectivity index (χ0n) is 6.37. The number of rotatable bonds is 1.